The van der Waals surface area contributed by atoms with Crippen molar-refractivity contribution in [3.63, 3.8) is 0 Å². The molecule has 0 fully saturated rings. The Morgan fingerprint density at radius 3 is 2.43 bits per heavy atom. The van der Waals surface area contributed by atoms with Crippen LogP contribution in [0.2, 0.25) is 0 Å². The average Bonchev–Trinajstić information content (AvgIpc) is 2.48. The predicted molar refractivity (Wildman–Crippen MR) is 87.8 cm³/mol. The molecule has 1 aromatic rings. The minimum absolute atomic E-state index is 0.437. The largest absolute Gasteiger partial charge is 0.313 e. The summed E-state index contributed by atoms with van der Waals surface area (Å²) in [5.74, 6) is 0. The zero-order chi connectivity index (χ0) is 15.7. The second kappa shape index (κ2) is 9.18. The number of rotatable bonds is 10. The summed E-state index contributed by atoms with van der Waals surface area (Å²) in [5, 5.41) is 3.28. The van der Waals surface area contributed by atoms with E-state index in [1.807, 2.05) is 19.1 Å². The van der Waals surface area contributed by atoms with E-state index < -0.39 is 10.0 Å². The highest BCUT2D eigenvalue weighted by atomic mass is 32.2. The molecule has 5 heteroatoms. The fraction of sp³-hybridized carbons (Fsp3) is 0.625. The van der Waals surface area contributed by atoms with Gasteiger partial charge >= 0.3 is 0 Å². The van der Waals surface area contributed by atoms with Crippen LogP contribution in [0.5, 0.6) is 0 Å². The lowest BCUT2D eigenvalue weighted by Gasteiger charge is -2.22. The normalized spacial score (nSPS) is 12.0. The highest BCUT2D eigenvalue weighted by Crippen LogP contribution is 2.20. The molecule has 0 aliphatic rings. The third-order valence-electron chi connectivity index (χ3n) is 3.45. The molecule has 0 atom stereocenters. The zero-order valence-electron chi connectivity index (χ0n) is 13.4. The summed E-state index contributed by atoms with van der Waals surface area (Å²) in [6.07, 6.45) is 2.92. The quantitative estimate of drug-likeness (QED) is 0.676. The lowest BCUT2D eigenvalue weighted by Crippen LogP contribution is -2.33. The number of sulfonamides is 1. The van der Waals surface area contributed by atoms with Crippen LogP contribution in [0.4, 0.5) is 0 Å². The summed E-state index contributed by atoms with van der Waals surface area (Å²) in [6.45, 7) is 8.65. The molecule has 0 heterocycles. The van der Waals surface area contributed by atoms with Crippen LogP contribution in [-0.2, 0) is 16.6 Å². The molecule has 0 unspecified atom stereocenters. The van der Waals surface area contributed by atoms with Gasteiger partial charge in [-0.15, -0.1) is 0 Å². The summed E-state index contributed by atoms with van der Waals surface area (Å²) >= 11 is 0. The summed E-state index contributed by atoms with van der Waals surface area (Å²) < 4.78 is 27.2. The molecular weight excluding hydrogens is 284 g/mol. The van der Waals surface area contributed by atoms with Gasteiger partial charge in [-0.3, -0.25) is 0 Å². The van der Waals surface area contributed by atoms with Crippen LogP contribution >= 0.6 is 0 Å². The monoisotopic (exact) mass is 312 g/mol. The smallest absolute Gasteiger partial charge is 0.243 e. The van der Waals surface area contributed by atoms with Gasteiger partial charge in [0, 0.05) is 19.6 Å². The second-order valence-electron chi connectivity index (χ2n) is 5.13. The number of hydrogen-bond donors (Lipinski definition) is 1. The summed E-state index contributed by atoms with van der Waals surface area (Å²) in [7, 11) is -3.40. The molecule has 0 aliphatic heterocycles. The van der Waals surface area contributed by atoms with Gasteiger partial charge in [0.1, 0.15) is 0 Å². The fourth-order valence-electron chi connectivity index (χ4n) is 2.22. The minimum atomic E-state index is -3.40. The highest BCUT2D eigenvalue weighted by Gasteiger charge is 2.24. The first-order chi connectivity index (χ1) is 10.1. The highest BCUT2D eigenvalue weighted by molar-refractivity contribution is 7.89. The van der Waals surface area contributed by atoms with Crippen molar-refractivity contribution in [3.05, 3.63) is 29.8 Å². The Balaban J connectivity index is 3.00. The van der Waals surface area contributed by atoms with E-state index in [4.69, 9.17) is 0 Å². The van der Waals surface area contributed by atoms with Crippen LogP contribution in [0.15, 0.2) is 29.2 Å². The van der Waals surface area contributed by atoms with Gasteiger partial charge in [-0.05, 0) is 31.0 Å². The van der Waals surface area contributed by atoms with Gasteiger partial charge in [-0.1, -0.05) is 45.4 Å². The van der Waals surface area contributed by atoms with Crippen molar-refractivity contribution in [3.8, 4) is 0 Å². The maximum Gasteiger partial charge on any atom is 0.243 e. The first-order valence-corrected chi connectivity index (χ1v) is 9.30. The van der Waals surface area contributed by atoms with Gasteiger partial charge in [0.2, 0.25) is 10.0 Å². The van der Waals surface area contributed by atoms with Crippen molar-refractivity contribution >= 4 is 10.0 Å². The van der Waals surface area contributed by atoms with E-state index in [0.717, 1.165) is 31.4 Å². The Labute approximate surface area is 129 Å². The number of hydrogen-bond acceptors (Lipinski definition) is 3. The third kappa shape index (κ3) is 5.09. The SMILES string of the molecule is CCCCN(CC)S(=O)(=O)c1ccccc1CNCCC. The average molecular weight is 312 g/mol. The number of nitrogens with zero attached hydrogens (tertiary/aromatic N) is 1. The molecule has 0 spiro atoms. The van der Waals surface area contributed by atoms with E-state index >= 15 is 0 Å². The van der Waals surface area contributed by atoms with Gasteiger partial charge < -0.3 is 5.32 Å². The van der Waals surface area contributed by atoms with Crippen LogP contribution in [0.1, 0.15) is 45.6 Å². The Hall–Kier alpha value is -0.910. The molecule has 1 aromatic carbocycles. The third-order valence-corrected chi connectivity index (χ3v) is 5.52. The van der Waals surface area contributed by atoms with Crippen LogP contribution in [0.3, 0.4) is 0 Å². The molecule has 0 saturated heterocycles. The van der Waals surface area contributed by atoms with Crippen molar-refractivity contribution in [2.45, 2.75) is 51.5 Å². The second-order valence-corrected chi connectivity index (χ2v) is 7.04. The number of benzene rings is 1. The van der Waals surface area contributed by atoms with Crippen molar-refractivity contribution in [2.24, 2.45) is 0 Å². The van der Waals surface area contributed by atoms with Crippen LogP contribution in [0.25, 0.3) is 0 Å². The van der Waals surface area contributed by atoms with Crippen LogP contribution < -0.4 is 5.32 Å². The summed E-state index contributed by atoms with van der Waals surface area (Å²) in [5.41, 5.74) is 0.848. The fourth-order valence-corrected chi connectivity index (χ4v) is 3.93. The number of unbranched alkanes of at least 4 members (excludes halogenated alkanes) is 1. The number of nitrogens with one attached hydrogen (secondary N) is 1. The van der Waals surface area contributed by atoms with Crippen molar-refractivity contribution in [1.82, 2.24) is 9.62 Å². The summed E-state index contributed by atoms with van der Waals surface area (Å²) in [4.78, 5) is 0.437. The molecule has 1 N–H and O–H groups in total. The van der Waals surface area contributed by atoms with E-state index in [-0.39, 0.29) is 0 Å². The van der Waals surface area contributed by atoms with Gasteiger partial charge in [-0.25, -0.2) is 8.42 Å². The molecule has 4 nitrogen and oxygen atoms in total. The molecule has 1 rings (SSSR count). The van der Waals surface area contributed by atoms with Crippen molar-refractivity contribution in [1.29, 1.82) is 0 Å². The van der Waals surface area contributed by atoms with Crippen molar-refractivity contribution in [2.75, 3.05) is 19.6 Å². The molecule has 0 bridgehead atoms. The zero-order valence-corrected chi connectivity index (χ0v) is 14.2. The Kier molecular flexibility index (Phi) is 7.93. The van der Waals surface area contributed by atoms with E-state index in [0.29, 0.717) is 24.5 Å². The topological polar surface area (TPSA) is 49.4 Å². The predicted octanol–water partition coefficient (Wildman–Crippen LogP) is 3.00. The molecular formula is C16H28N2O2S. The maximum atomic E-state index is 12.8. The van der Waals surface area contributed by atoms with Gasteiger partial charge in [-0.2, -0.15) is 4.31 Å². The maximum absolute atomic E-state index is 12.8. The Morgan fingerprint density at radius 1 is 1.10 bits per heavy atom. The summed E-state index contributed by atoms with van der Waals surface area (Å²) in [6, 6.07) is 7.30. The van der Waals surface area contributed by atoms with E-state index in [2.05, 4.69) is 19.2 Å². The standard InChI is InChI=1S/C16H28N2O2S/c1-4-7-13-18(6-3)21(19,20)16-11-9-8-10-15(16)14-17-12-5-2/h8-11,17H,4-7,12-14H2,1-3H3. The van der Waals surface area contributed by atoms with Gasteiger partial charge in [0.15, 0.2) is 0 Å². The molecule has 0 aliphatic carbocycles. The first kappa shape index (κ1) is 18.1. The Morgan fingerprint density at radius 2 is 1.81 bits per heavy atom. The molecule has 0 saturated carbocycles. The van der Waals surface area contributed by atoms with Gasteiger partial charge in [0.25, 0.3) is 0 Å². The molecule has 0 radical (unpaired) electrons. The van der Waals surface area contributed by atoms with E-state index in [1.165, 1.54) is 0 Å². The van der Waals surface area contributed by atoms with Gasteiger partial charge in [0.05, 0.1) is 4.90 Å². The first-order valence-electron chi connectivity index (χ1n) is 7.86. The van der Waals surface area contributed by atoms with Crippen LogP contribution in [-0.4, -0.2) is 32.4 Å². The molecule has 120 valence electrons. The van der Waals surface area contributed by atoms with E-state index in [9.17, 15) is 8.42 Å². The van der Waals surface area contributed by atoms with Crippen LogP contribution in [0, 0.1) is 0 Å². The molecule has 0 aromatic heterocycles. The lowest BCUT2D eigenvalue weighted by molar-refractivity contribution is 0.418. The lowest BCUT2D eigenvalue weighted by atomic mass is 10.2. The molecule has 0 amide bonds. The van der Waals surface area contributed by atoms with Crippen molar-refractivity contribution < 1.29 is 8.42 Å². The molecule has 21 heavy (non-hydrogen) atoms. The van der Waals surface area contributed by atoms with E-state index in [1.54, 1.807) is 16.4 Å². The Bertz CT molecular complexity index is 515. The minimum Gasteiger partial charge on any atom is -0.313 e.